The molecule has 0 spiro atoms. The van der Waals surface area contributed by atoms with Gasteiger partial charge in [-0.2, -0.15) is 0 Å². The summed E-state index contributed by atoms with van der Waals surface area (Å²) in [6.07, 6.45) is 8.39. The van der Waals surface area contributed by atoms with Gasteiger partial charge < -0.3 is 5.32 Å². The second-order valence-electron chi connectivity index (χ2n) is 10.1. The molecule has 158 valence electrons. The molecule has 0 unspecified atom stereocenters. The summed E-state index contributed by atoms with van der Waals surface area (Å²) < 4.78 is 27.6. The van der Waals surface area contributed by atoms with Gasteiger partial charge in [0.2, 0.25) is 5.91 Å². The zero-order valence-electron chi connectivity index (χ0n) is 17.1. The predicted molar refractivity (Wildman–Crippen MR) is 117 cm³/mol. The average Bonchev–Trinajstić information content (AvgIpc) is 2.90. The molecular formula is C24H28N2O3S. The van der Waals surface area contributed by atoms with Crippen molar-refractivity contribution >= 4 is 32.4 Å². The third-order valence-corrected chi connectivity index (χ3v) is 9.74. The summed E-state index contributed by atoms with van der Waals surface area (Å²) in [5.74, 6) is 2.48. The number of rotatable bonds is 5. The molecule has 5 nitrogen and oxygen atoms in total. The van der Waals surface area contributed by atoms with E-state index in [1.165, 1.54) is 23.6 Å². The van der Waals surface area contributed by atoms with Crippen molar-refractivity contribution in [1.82, 2.24) is 5.32 Å². The number of hydrogen-bond acceptors (Lipinski definition) is 3. The van der Waals surface area contributed by atoms with Crippen LogP contribution in [0.4, 0.5) is 5.69 Å². The summed E-state index contributed by atoms with van der Waals surface area (Å²) in [6.45, 7) is 0.338. The normalized spacial score (nSPS) is 32.7. The van der Waals surface area contributed by atoms with Crippen LogP contribution in [0, 0.1) is 17.8 Å². The number of nitrogens with one attached hydrogen (secondary N) is 1. The van der Waals surface area contributed by atoms with Crippen LogP contribution in [-0.4, -0.2) is 26.4 Å². The predicted octanol–water partition coefficient (Wildman–Crippen LogP) is 4.21. The summed E-state index contributed by atoms with van der Waals surface area (Å²) in [4.78, 5) is 13.2. The zero-order valence-corrected chi connectivity index (χ0v) is 18.0. The van der Waals surface area contributed by atoms with E-state index in [0.717, 1.165) is 53.5 Å². The molecule has 0 radical (unpaired) electrons. The van der Waals surface area contributed by atoms with E-state index in [1.807, 2.05) is 24.3 Å². The molecule has 4 bridgehead atoms. The minimum absolute atomic E-state index is 0.0212. The number of sulfonamides is 1. The van der Waals surface area contributed by atoms with Crippen molar-refractivity contribution in [2.75, 3.05) is 10.8 Å². The zero-order chi connectivity index (χ0) is 20.5. The first kappa shape index (κ1) is 18.7. The number of nitrogens with zero attached hydrogens (tertiary/aromatic N) is 1. The molecule has 0 aromatic heterocycles. The Balaban J connectivity index is 1.13. The van der Waals surface area contributed by atoms with E-state index < -0.39 is 10.0 Å². The smallest absolute Gasteiger partial charge is 0.265 e. The Morgan fingerprint density at radius 1 is 1.00 bits per heavy atom. The molecule has 1 amide bonds. The van der Waals surface area contributed by atoms with Crippen LogP contribution in [0.15, 0.2) is 41.3 Å². The summed E-state index contributed by atoms with van der Waals surface area (Å²) in [5.41, 5.74) is 0.762. The minimum Gasteiger partial charge on any atom is -0.351 e. The Kier molecular flexibility index (Phi) is 4.02. The number of carbonyl (C=O) groups is 1. The molecule has 1 N–H and O–H groups in total. The van der Waals surface area contributed by atoms with Gasteiger partial charge in [0.05, 0.1) is 10.6 Å². The summed E-state index contributed by atoms with van der Waals surface area (Å²) in [6, 6.07) is 11.1. The molecule has 0 atom stereocenters. The summed E-state index contributed by atoms with van der Waals surface area (Å²) in [7, 11) is -3.54. The van der Waals surface area contributed by atoms with Crippen molar-refractivity contribution in [2.24, 2.45) is 17.8 Å². The highest BCUT2D eigenvalue weighted by atomic mass is 32.2. The minimum atomic E-state index is -3.54. The van der Waals surface area contributed by atoms with Gasteiger partial charge in [-0.05, 0) is 80.2 Å². The average molecular weight is 425 g/mol. The second kappa shape index (κ2) is 6.46. The van der Waals surface area contributed by atoms with Crippen molar-refractivity contribution in [3.8, 4) is 0 Å². The van der Waals surface area contributed by atoms with Crippen LogP contribution < -0.4 is 9.62 Å². The Bertz CT molecular complexity index is 1100. The number of benzene rings is 2. The first-order valence-electron chi connectivity index (χ1n) is 11.3. The molecule has 30 heavy (non-hydrogen) atoms. The van der Waals surface area contributed by atoms with E-state index >= 15 is 0 Å². The van der Waals surface area contributed by atoms with Crippen molar-refractivity contribution < 1.29 is 13.2 Å². The van der Waals surface area contributed by atoms with Crippen LogP contribution in [0.5, 0.6) is 0 Å². The van der Waals surface area contributed by atoms with Crippen molar-refractivity contribution in [3.05, 3.63) is 36.4 Å². The fourth-order valence-electron chi connectivity index (χ4n) is 7.20. The molecule has 1 aliphatic heterocycles. The van der Waals surface area contributed by atoms with Gasteiger partial charge >= 0.3 is 0 Å². The van der Waals surface area contributed by atoms with E-state index in [1.54, 1.807) is 12.1 Å². The lowest BCUT2D eigenvalue weighted by molar-refractivity contribution is -0.126. The molecule has 4 fully saturated rings. The standard InChI is InChI=1S/C24H28N2O3S/c27-22(25-24-13-16-10-17(14-24)12-18(11-16)15-24)8-3-9-26-20-6-1-4-19-5-2-7-21(23(19)20)30(26,28)29/h1-2,4-7,16-18H,3,8-15H2,(H,25,27). The molecule has 5 aliphatic rings. The second-order valence-corrected chi connectivity index (χ2v) is 11.9. The maximum Gasteiger partial charge on any atom is 0.265 e. The number of anilines is 1. The van der Waals surface area contributed by atoms with E-state index in [9.17, 15) is 13.2 Å². The van der Waals surface area contributed by atoms with E-state index in [2.05, 4.69) is 5.32 Å². The van der Waals surface area contributed by atoms with Crippen LogP contribution >= 0.6 is 0 Å². The molecule has 2 aromatic rings. The lowest BCUT2D eigenvalue weighted by Gasteiger charge is -2.56. The van der Waals surface area contributed by atoms with Gasteiger partial charge in [0.25, 0.3) is 10.0 Å². The molecule has 0 saturated heterocycles. The van der Waals surface area contributed by atoms with Gasteiger partial charge in [-0.1, -0.05) is 24.3 Å². The van der Waals surface area contributed by atoms with E-state index in [0.29, 0.717) is 24.3 Å². The highest BCUT2D eigenvalue weighted by molar-refractivity contribution is 7.93. The van der Waals surface area contributed by atoms with Gasteiger partial charge in [0, 0.05) is 23.9 Å². The van der Waals surface area contributed by atoms with Gasteiger partial charge in [-0.15, -0.1) is 0 Å². The van der Waals surface area contributed by atoms with Gasteiger partial charge in [-0.25, -0.2) is 8.42 Å². The van der Waals surface area contributed by atoms with Gasteiger partial charge in [-0.3, -0.25) is 9.10 Å². The van der Waals surface area contributed by atoms with Crippen LogP contribution in [0.1, 0.15) is 51.4 Å². The van der Waals surface area contributed by atoms with Gasteiger partial charge in [0.1, 0.15) is 0 Å². The lowest BCUT2D eigenvalue weighted by atomic mass is 9.53. The Hall–Kier alpha value is -2.08. The number of hydrogen-bond donors (Lipinski definition) is 1. The van der Waals surface area contributed by atoms with Crippen molar-refractivity contribution in [3.63, 3.8) is 0 Å². The quantitative estimate of drug-likeness (QED) is 0.782. The fraction of sp³-hybridized carbons (Fsp3) is 0.542. The van der Waals surface area contributed by atoms with Crippen LogP contribution in [0.3, 0.4) is 0 Å². The van der Waals surface area contributed by atoms with Crippen LogP contribution in [0.2, 0.25) is 0 Å². The third-order valence-electron chi connectivity index (χ3n) is 7.89. The highest BCUT2D eigenvalue weighted by Gasteiger charge is 2.51. The van der Waals surface area contributed by atoms with E-state index in [-0.39, 0.29) is 11.4 Å². The van der Waals surface area contributed by atoms with E-state index in [4.69, 9.17) is 0 Å². The maximum absolute atomic E-state index is 13.1. The summed E-state index contributed by atoms with van der Waals surface area (Å²) >= 11 is 0. The van der Waals surface area contributed by atoms with Gasteiger partial charge in [0.15, 0.2) is 0 Å². The molecule has 4 saturated carbocycles. The third kappa shape index (κ3) is 2.79. The Morgan fingerprint density at radius 3 is 2.30 bits per heavy atom. The van der Waals surface area contributed by atoms with Crippen LogP contribution in [-0.2, 0) is 14.8 Å². The number of carbonyl (C=O) groups excluding carboxylic acids is 1. The monoisotopic (exact) mass is 424 g/mol. The maximum atomic E-state index is 13.1. The SMILES string of the molecule is O=C(CCCN1c2cccc3cccc(c23)S1(=O)=O)NC12CC3CC(CC(C3)C1)C2. The molecule has 4 aliphatic carbocycles. The number of amides is 1. The van der Waals surface area contributed by atoms with Crippen LogP contribution in [0.25, 0.3) is 10.8 Å². The Morgan fingerprint density at radius 2 is 1.63 bits per heavy atom. The first-order chi connectivity index (χ1) is 14.4. The first-order valence-corrected chi connectivity index (χ1v) is 12.7. The fourth-order valence-corrected chi connectivity index (χ4v) is 8.95. The van der Waals surface area contributed by atoms with Crippen molar-refractivity contribution in [2.45, 2.75) is 61.8 Å². The Labute approximate surface area is 177 Å². The molecule has 2 aromatic carbocycles. The summed E-state index contributed by atoms with van der Waals surface area (Å²) in [5, 5.41) is 5.14. The lowest BCUT2D eigenvalue weighted by Crippen LogP contribution is -2.59. The molecule has 6 heteroatoms. The molecule has 7 rings (SSSR count). The van der Waals surface area contributed by atoms with Crippen molar-refractivity contribution in [1.29, 1.82) is 0 Å². The highest BCUT2D eigenvalue weighted by Crippen LogP contribution is 2.55. The molecule has 1 heterocycles. The largest absolute Gasteiger partial charge is 0.351 e. The molecular weight excluding hydrogens is 396 g/mol. The topological polar surface area (TPSA) is 66.5 Å².